The number of nitrogens with one attached hydrogen (secondary N) is 1. The van der Waals surface area contributed by atoms with E-state index in [0.29, 0.717) is 12.2 Å². The van der Waals surface area contributed by atoms with Crippen molar-refractivity contribution in [3.8, 4) is 0 Å². The molecule has 1 aliphatic rings. The standard InChI is InChI=1S/C23H26N2O5/c1-15(20(26)25-13-12-16-8-5-6-11-19(16)25)29-21(27)17-9-7-10-18(14-17)24-22(28)30-23(2,3)4/h5-11,14-15H,12-13H2,1-4H3,(H,24,28)/t15-/m1/s1. The second kappa shape index (κ2) is 8.57. The first-order valence-electron chi connectivity index (χ1n) is 9.84. The summed E-state index contributed by atoms with van der Waals surface area (Å²) in [6.07, 6.45) is -0.781. The number of rotatable bonds is 4. The number of hydrogen-bond donors (Lipinski definition) is 1. The lowest BCUT2D eigenvalue weighted by atomic mass is 10.2. The Morgan fingerprint density at radius 1 is 1.07 bits per heavy atom. The van der Waals surface area contributed by atoms with Crippen LogP contribution in [-0.4, -0.2) is 36.2 Å². The van der Waals surface area contributed by atoms with E-state index >= 15 is 0 Å². The number of esters is 1. The zero-order valence-corrected chi connectivity index (χ0v) is 17.6. The largest absolute Gasteiger partial charge is 0.449 e. The summed E-state index contributed by atoms with van der Waals surface area (Å²) in [5.41, 5.74) is 1.94. The van der Waals surface area contributed by atoms with Gasteiger partial charge >= 0.3 is 12.1 Å². The summed E-state index contributed by atoms with van der Waals surface area (Å²) in [6.45, 7) is 7.41. The van der Waals surface area contributed by atoms with Gasteiger partial charge in [-0.15, -0.1) is 0 Å². The summed E-state index contributed by atoms with van der Waals surface area (Å²) in [4.78, 5) is 38.9. The third kappa shape index (κ3) is 5.17. The molecule has 7 heteroatoms. The van der Waals surface area contributed by atoms with Crippen LogP contribution >= 0.6 is 0 Å². The molecule has 0 fully saturated rings. The molecule has 0 unspecified atom stereocenters. The maximum absolute atomic E-state index is 12.8. The molecule has 0 saturated heterocycles. The van der Waals surface area contributed by atoms with Crippen molar-refractivity contribution < 1.29 is 23.9 Å². The van der Waals surface area contributed by atoms with Gasteiger partial charge in [-0.25, -0.2) is 9.59 Å². The van der Waals surface area contributed by atoms with Gasteiger partial charge in [-0.3, -0.25) is 10.1 Å². The van der Waals surface area contributed by atoms with E-state index in [1.807, 2.05) is 24.3 Å². The van der Waals surface area contributed by atoms with Crippen molar-refractivity contribution in [2.75, 3.05) is 16.8 Å². The van der Waals surface area contributed by atoms with Gasteiger partial charge in [0.15, 0.2) is 6.10 Å². The highest BCUT2D eigenvalue weighted by atomic mass is 16.6. The van der Waals surface area contributed by atoms with E-state index in [1.54, 1.807) is 50.8 Å². The van der Waals surface area contributed by atoms with Gasteiger partial charge in [0.25, 0.3) is 5.91 Å². The molecule has 0 aromatic heterocycles. The molecule has 0 saturated carbocycles. The van der Waals surface area contributed by atoms with Crippen LogP contribution in [0.5, 0.6) is 0 Å². The average Bonchev–Trinajstić information content (AvgIpc) is 3.10. The zero-order chi connectivity index (χ0) is 21.9. The van der Waals surface area contributed by atoms with Crippen LogP contribution in [0.4, 0.5) is 16.2 Å². The predicted octanol–water partition coefficient (Wildman–Crippen LogP) is 4.17. The normalized spacial score (nSPS) is 13.9. The maximum Gasteiger partial charge on any atom is 0.412 e. The molecule has 1 N–H and O–H groups in total. The van der Waals surface area contributed by atoms with Crippen molar-refractivity contribution in [3.05, 3.63) is 59.7 Å². The zero-order valence-electron chi connectivity index (χ0n) is 17.6. The Kier molecular flexibility index (Phi) is 6.10. The minimum atomic E-state index is -0.939. The van der Waals surface area contributed by atoms with E-state index in [-0.39, 0.29) is 11.5 Å². The van der Waals surface area contributed by atoms with Crippen LogP contribution in [0.15, 0.2) is 48.5 Å². The Labute approximate surface area is 176 Å². The van der Waals surface area contributed by atoms with Crippen LogP contribution in [-0.2, 0) is 20.7 Å². The maximum atomic E-state index is 12.8. The van der Waals surface area contributed by atoms with Crippen molar-refractivity contribution in [1.82, 2.24) is 0 Å². The number of amides is 2. The van der Waals surface area contributed by atoms with Gasteiger partial charge in [0.2, 0.25) is 0 Å². The highest BCUT2D eigenvalue weighted by Gasteiger charge is 2.30. The Balaban J connectivity index is 1.63. The first-order valence-corrected chi connectivity index (χ1v) is 9.84. The van der Waals surface area contributed by atoms with E-state index in [0.717, 1.165) is 17.7 Å². The molecule has 0 spiro atoms. The molecule has 3 rings (SSSR count). The van der Waals surface area contributed by atoms with Gasteiger partial charge in [-0.2, -0.15) is 0 Å². The van der Waals surface area contributed by atoms with E-state index in [9.17, 15) is 14.4 Å². The number of anilines is 2. The highest BCUT2D eigenvalue weighted by Crippen LogP contribution is 2.28. The van der Waals surface area contributed by atoms with Gasteiger partial charge < -0.3 is 14.4 Å². The first kappa shape index (κ1) is 21.4. The summed E-state index contributed by atoms with van der Waals surface area (Å²) >= 11 is 0. The van der Waals surface area contributed by atoms with Crippen molar-refractivity contribution in [3.63, 3.8) is 0 Å². The Bertz CT molecular complexity index is 964. The number of para-hydroxylation sites is 1. The van der Waals surface area contributed by atoms with Crippen molar-refractivity contribution in [2.45, 2.75) is 45.8 Å². The van der Waals surface area contributed by atoms with Crippen LogP contribution in [0.2, 0.25) is 0 Å². The second-order valence-corrected chi connectivity index (χ2v) is 8.12. The van der Waals surface area contributed by atoms with E-state index in [1.165, 1.54) is 6.07 Å². The Morgan fingerprint density at radius 3 is 2.53 bits per heavy atom. The molecular weight excluding hydrogens is 384 g/mol. The molecule has 0 radical (unpaired) electrons. The topological polar surface area (TPSA) is 84.9 Å². The highest BCUT2D eigenvalue weighted by molar-refractivity contribution is 6.00. The number of fused-ring (bicyclic) bond motifs is 1. The fraction of sp³-hybridized carbons (Fsp3) is 0.348. The number of ether oxygens (including phenoxy) is 2. The lowest BCUT2D eigenvalue weighted by molar-refractivity contribution is -0.126. The molecule has 1 aliphatic heterocycles. The summed E-state index contributed by atoms with van der Waals surface area (Å²) in [7, 11) is 0. The summed E-state index contributed by atoms with van der Waals surface area (Å²) < 4.78 is 10.6. The van der Waals surface area contributed by atoms with Crippen molar-refractivity contribution >= 4 is 29.3 Å². The third-order valence-electron chi connectivity index (χ3n) is 4.53. The average molecular weight is 410 g/mol. The fourth-order valence-electron chi connectivity index (χ4n) is 3.21. The number of benzene rings is 2. The van der Waals surface area contributed by atoms with E-state index < -0.39 is 23.8 Å². The molecular formula is C23H26N2O5. The molecule has 2 amide bonds. The van der Waals surface area contributed by atoms with Crippen molar-refractivity contribution in [2.24, 2.45) is 0 Å². The van der Waals surface area contributed by atoms with Gasteiger partial charge in [0.05, 0.1) is 5.56 Å². The van der Waals surface area contributed by atoms with Gasteiger partial charge in [-0.1, -0.05) is 24.3 Å². The lowest BCUT2D eigenvalue weighted by Crippen LogP contribution is -2.39. The Hall–Kier alpha value is -3.35. The van der Waals surface area contributed by atoms with E-state index in [4.69, 9.17) is 9.47 Å². The van der Waals surface area contributed by atoms with Crippen LogP contribution < -0.4 is 10.2 Å². The van der Waals surface area contributed by atoms with Gasteiger partial charge in [-0.05, 0) is 63.9 Å². The van der Waals surface area contributed by atoms with E-state index in [2.05, 4.69) is 5.32 Å². The predicted molar refractivity (Wildman–Crippen MR) is 114 cm³/mol. The molecule has 0 bridgehead atoms. The van der Waals surface area contributed by atoms with Gasteiger partial charge in [0, 0.05) is 17.9 Å². The third-order valence-corrected chi connectivity index (χ3v) is 4.53. The minimum absolute atomic E-state index is 0.227. The monoisotopic (exact) mass is 410 g/mol. The molecule has 30 heavy (non-hydrogen) atoms. The van der Waals surface area contributed by atoms with Crippen LogP contribution in [0.25, 0.3) is 0 Å². The minimum Gasteiger partial charge on any atom is -0.449 e. The van der Waals surface area contributed by atoms with Crippen LogP contribution in [0.3, 0.4) is 0 Å². The summed E-state index contributed by atoms with van der Waals surface area (Å²) in [6, 6.07) is 14.0. The second-order valence-electron chi connectivity index (χ2n) is 8.12. The first-order chi connectivity index (χ1) is 14.1. The molecule has 0 aliphatic carbocycles. The quantitative estimate of drug-likeness (QED) is 0.765. The van der Waals surface area contributed by atoms with Crippen molar-refractivity contribution in [1.29, 1.82) is 0 Å². The van der Waals surface area contributed by atoms with Crippen LogP contribution in [0, 0.1) is 0 Å². The number of carbonyl (C=O) groups is 3. The fourth-order valence-corrected chi connectivity index (χ4v) is 3.21. The van der Waals surface area contributed by atoms with Crippen LogP contribution in [0.1, 0.15) is 43.6 Å². The lowest BCUT2D eigenvalue weighted by Gasteiger charge is -2.22. The summed E-state index contributed by atoms with van der Waals surface area (Å²) in [5, 5.41) is 2.58. The molecule has 1 heterocycles. The molecule has 158 valence electrons. The number of nitrogens with zero attached hydrogens (tertiary/aromatic N) is 1. The molecule has 2 aromatic rings. The molecule has 2 aromatic carbocycles. The molecule has 7 nitrogen and oxygen atoms in total. The SMILES string of the molecule is C[C@@H](OC(=O)c1cccc(NC(=O)OC(C)(C)C)c1)C(=O)N1CCc2ccccc21. The van der Waals surface area contributed by atoms with Gasteiger partial charge in [0.1, 0.15) is 5.60 Å². The number of hydrogen-bond acceptors (Lipinski definition) is 5. The smallest absolute Gasteiger partial charge is 0.412 e. The Morgan fingerprint density at radius 2 is 1.80 bits per heavy atom. The summed E-state index contributed by atoms with van der Waals surface area (Å²) in [5.74, 6) is -0.910. The number of carbonyl (C=O) groups excluding carboxylic acids is 3. The molecule has 1 atom stereocenters.